The number of nitrogens with two attached hydrogens (primary N) is 1. The molecule has 2 aromatic heterocycles. The molecule has 45 heavy (non-hydrogen) atoms. The second-order valence-corrected chi connectivity index (χ2v) is 9.28. The lowest BCUT2D eigenvalue weighted by molar-refractivity contribution is -0.138. The summed E-state index contributed by atoms with van der Waals surface area (Å²) in [7, 11) is 2.66. The van der Waals surface area contributed by atoms with E-state index in [4.69, 9.17) is 51.1 Å². The molecule has 4 aromatic rings. The molecule has 0 saturated heterocycles. The Bertz CT molecular complexity index is 1720. The zero-order chi connectivity index (χ0) is 33.9. The van der Waals surface area contributed by atoms with E-state index in [0.717, 1.165) is 0 Å². The first kappa shape index (κ1) is 36.4. The molecule has 0 saturated carbocycles. The first-order valence-corrected chi connectivity index (χ1v) is 13.0. The van der Waals surface area contributed by atoms with E-state index in [0.29, 0.717) is 39.9 Å². The van der Waals surface area contributed by atoms with Crippen LogP contribution in [-0.2, 0) is 12.4 Å². The molecule has 0 atom stereocenters. The SMILES string of the molecule is CNc1nc(Cl)ncc1C(F)(F)F.CNc1nc(Nc2ccc(C#N)cc2Cl)ncc1C(F)(F)F.N#Cc1ccc(N)c(Cl)c1. The minimum atomic E-state index is -4.55. The predicted octanol–water partition coefficient (Wildman–Crippen LogP) is 7.79. The van der Waals surface area contributed by atoms with Gasteiger partial charge in [-0.2, -0.15) is 41.9 Å². The van der Waals surface area contributed by atoms with Crippen molar-refractivity contribution in [3.63, 3.8) is 0 Å². The Morgan fingerprint density at radius 2 is 1.22 bits per heavy atom. The van der Waals surface area contributed by atoms with Crippen LogP contribution in [0.4, 0.5) is 55.3 Å². The highest BCUT2D eigenvalue weighted by Crippen LogP contribution is 2.35. The van der Waals surface area contributed by atoms with E-state index in [2.05, 4.69) is 35.9 Å². The van der Waals surface area contributed by atoms with E-state index in [-0.39, 0.29) is 27.9 Å². The van der Waals surface area contributed by atoms with Gasteiger partial charge in [0.15, 0.2) is 0 Å². The summed E-state index contributed by atoms with van der Waals surface area (Å²) in [5, 5.41) is 25.0. The number of nitrogen functional groups attached to an aromatic ring is 1. The molecule has 10 nitrogen and oxygen atoms in total. The molecular weight excluding hydrogens is 673 g/mol. The van der Waals surface area contributed by atoms with Crippen molar-refractivity contribution in [2.45, 2.75) is 12.4 Å². The minimum absolute atomic E-state index is 0.0519. The van der Waals surface area contributed by atoms with Crippen molar-refractivity contribution in [1.29, 1.82) is 10.5 Å². The van der Waals surface area contributed by atoms with Gasteiger partial charge < -0.3 is 21.7 Å². The number of aromatic nitrogens is 4. The molecule has 0 aliphatic heterocycles. The first-order valence-electron chi connectivity index (χ1n) is 11.8. The predicted molar refractivity (Wildman–Crippen MR) is 158 cm³/mol. The molecule has 5 N–H and O–H groups in total. The summed E-state index contributed by atoms with van der Waals surface area (Å²) in [6.45, 7) is 0. The van der Waals surface area contributed by atoms with Crippen molar-refractivity contribution in [3.05, 3.63) is 86.4 Å². The number of benzene rings is 2. The van der Waals surface area contributed by atoms with Gasteiger partial charge in [0, 0.05) is 26.5 Å². The number of hydrogen-bond donors (Lipinski definition) is 4. The smallest absolute Gasteiger partial charge is 0.398 e. The van der Waals surface area contributed by atoms with Crippen molar-refractivity contribution in [2.24, 2.45) is 0 Å². The minimum Gasteiger partial charge on any atom is -0.398 e. The molecule has 0 amide bonds. The standard InChI is InChI=1S/C13H9ClF3N5.C7H5ClN2.C6H5ClF3N3/c1-19-11-8(13(15,16)17)6-20-12(22-11)21-10-3-2-7(5-18)4-9(10)14;8-6-3-5(4-9)1-2-7(6)10;1-11-4-3(6(8,9)10)2-12-5(7)13-4/h2-4,6H,1H3,(H2,19,20,21,22);1-3H,10H2;2H,1H3,(H,11,12,13). The molecule has 0 spiro atoms. The summed E-state index contributed by atoms with van der Waals surface area (Å²) >= 11 is 16.9. The molecule has 0 unspecified atom stereocenters. The van der Waals surface area contributed by atoms with Crippen LogP contribution in [0.3, 0.4) is 0 Å². The number of nitrogens with zero attached hydrogens (tertiary/aromatic N) is 6. The molecule has 236 valence electrons. The fraction of sp³-hybridized carbons (Fsp3) is 0.154. The van der Waals surface area contributed by atoms with Gasteiger partial charge in [-0.1, -0.05) is 23.2 Å². The number of nitrogens with one attached hydrogen (secondary N) is 3. The summed E-state index contributed by atoms with van der Waals surface area (Å²) in [4.78, 5) is 14.0. The summed E-state index contributed by atoms with van der Waals surface area (Å²) in [6, 6.07) is 13.1. The molecular formula is C26H19Cl3F6N10. The average molecular weight is 692 g/mol. The summed E-state index contributed by atoms with van der Waals surface area (Å²) in [5.41, 5.74) is 5.27. The van der Waals surface area contributed by atoms with Crippen LogP contribution in [0.2, 0.25) is 15.3 Å². The van der Waals surface area contributed by atoms with Crippen LogP contribution in [0.5, 0.6) is 0 Å². The van der Waals surface area contributed by atoms with Gasteiger partial charge >= 0.3 is 12.4 Å². The maximum Gasteiger partial charge on any atom is 0.421 e. The van der Waals surface area contributed by atoms with Crippen LogP contribution in [0, 0.1) is 22.7 Å². The van der Waals surface area contributed by atoms with Gasteiger partial charge in [-0.25, -0.2) is 15.0 Å². The molecule has 0 fully saturated rings. The van der Waals surface area contributed by atoms with Crippen molar-refractivity contribution in [3.8, 4) is 12.1 Å². The van der Waals surface area contributed by atoms with Gasteiger partial charge in [-0.05, 0) is 48.0 Å². The van der Waals surface area contributed by atoms with Gasteiger partial charge in [0.1, 0.15) is 22.8 Å². The van der Waals surface area contributed by atoms with Gasteiger partial charge in [-0.3, -0.25) is 0 Å². The first-order chi connectivity index (χ1) is 21.0. The van der Waals surface area contributed by atoms with Crippen molar-refractivity contribution in [2.75, 3.05) is 35.8 Å². The Kier molecular flexibility index (Phi) is 12.8. The Hall–Kier alpha value is -4.77. The van der Waals surface area contributed by atoms with E-state index in [9.17, 15) is 26.3 Å². The molecule has 2 aromatic carbocycles. The van der Waals surface area contributed by atoms with Gasteiger partial charge in [0.2, 0.25) is 11.2 Å². The van der Waals surface area contributed by atoms with Crippen LogP contribution in [-0.4, -0.2) is 34.0 Å². The Labute approximate surface area is 266 Å². The third-order valence-corrected chi connectivity index (χ3v) is 5.93. The van der Waals surface area contributed by atoms with E-state index >= 15 is 0 Å². The summed E-state index contributed by atoms with van der Waals surface area (Å²) < 4.78 is 74.9. The zero-order valence-electron chi connectivity index (χ0n) is 22.8. The normalized spacial score (nSPS) is 10.6. The number of nitriles is 2. The maximum atomic E-state index is 12.7. The lowest BCUT2D eigenvalue weighted by atomic mass is 10.2. The number of alkyl halides is 6. The van der Waals surface area contributed by atoms with Gasteiger partial charge in [0.25, 0.3) is 0 Å². The van der Waals surface area contributed by atoms with E-state index in [1.54, 1.807) is 12.1 Å². The fourth-order valence-corrected chi connectivity index (χ4v) is 3.54. The lowest BCUT2D eigenvalue weighted by Crippen LogP contribution is -2.12. The molecule has 0 bridgehead atoms. The van der Waals surface area contributed by atoms with Gasteiger partial charge in [0.05, 0.1) is 44.7 Å². The number of halogens is 9. The van der Waals surface area contributed by atoms with Crippen LogP contribution in [0.25, 0.3) is 0 Å². The Morgan fingerprint density at radius 1 is 0.733 bits per heavy atom. The Morgan fingerprint density at radius 3 is 1.69 bits per heavy atom. The molecule has 4 rings (SSSR count). The quantitative estimate of drug-likeness (QED) is 0.0944. The van der Waals surface area contributed by atoms with E-state index < -0.39 is 23.5 Å². The Balaban J connectivity index is 0.000000259. The monoisotopic (exact) mass is 690 g/mol. The van der Waals surface area contributed by atoms with Crippen LogP contribution in [0.15, 0.2) is 48.8 Å². The van der Waals surface area contributed by atoms with Crippen LogP contribution < -0.4 is 21.7 Å². The van der Waals surface area contributed by atoms with E-state index in [1.165, 1.54) is 38.4 Å². The van der Waals surface area contributed by atoms with Crippen molar-refractivity contribution in [1.82, 2.24) is 19.9 Å². The highest BCUT2D eigenvalue weighted by Gasteiger charge is 2.35. The average Bonchev–Trinajstić information content (AvgIpc) is 2.98. The molecule has 19 heteroatoms. The molecule has 0 aliphatic carbocycles. The summed E-state index contributed by atoms with van der Waals surface area (Å²) in [6.07, 6.45) is -7.70. The number of rotatable bonds is 4. The zero-order valence-corrected chi connectivity index (χ0v) is 25.0. The van der Waals surface area contributed by atoms with Gasteiger partial charge in [-0.15, -0.1) is 0 Å². The second-order valence-electron chi connectivity index (χ2n) is 8.13. The number of hydrogen-bond acceptors (Lipinski definition) is 10. The van der Waals surface area contributed by atoms with Crippen molar-refractivity contribution < 1.29 is 26.3 Å². The maximum absolute atomic E-state index is 12.7. The second kappa shape index (κ2) is 15.8. The topological polar surface area (TPSA) is 161 Å². The third-order valence-electron chi connectivity index (χ3n) is 5.11. The fourth-order valence-electron chi connectivity index (χ4n) is 3.00. The summed E-state index contributed by atoms with van der Waals surface area (Å²) in [5.74, 6) is -0.730. The molecule has 0 aliphatic rings. The van der Waals surface area contributed by atoms with Crippen LogP contribution in [0.1, 0.15) is 22.3 Å². The van der Waals surface area contributed by atoms with E-state index in [1.807, 2.05) is 12.1 Å². The van der Waals surface area contributed by atoms with Crippen LogP contribution >= 0.6 is 34.8 Å². The lowest BCUT2D eigenvalue weighted by Gasteiger charge is -2.13. The number of anilines is 5. The molecule has 0 radical (unpaired) electrons. The third kappa shape index (κ3) is 10.7. The largest absolute Gasteiger partial charge is 0.421 e. The molecule has 2 heterocycles. The highest BCUT2D eigenvalue weighted by molar-refractivity contribution is 6.33. The highest BCUT2D eigenvalue weighted by atomic mass is 35.5. The van der Waals surface area contributed by atoms with Crippen molar-refractivity contribution >= 4 is 63.8 Å².